The number of furan rings is 1. The first kappa shape index (κ1) is 21.4. The van der Waals surface area contributed by atoms with Crippen molar-refractivity contribution in [2.75, 3.05) is 5.32 Å². The lowest BCUT2D eigenvalue weighted by Crippen LogP contribution is -2.41. The number of anilines is 1. The highest BCUT2D eigenvalue weighted by molar-refractivity contribution is 7.25. The van der Waals surface area contributed by atoms with Gasteiger partial charge in [0, 0.05) is 21.3 Å². The van der Waals surface area contributed by atoms with E-state index < -0.39 is 23.1 Å². The number of nitrogens with zero attached hydrogens (tertiary/aromatic N) is 2. The van der Waals surface area contributed by atoms with E-state index in [0.717, 1.165) is 14.7 Å². The van der Waals surface area contributed by atoms with Crippen LogP contribution in [-0.4, -0.2) is 20.9 Å². The van der Waals surface area contributed by atoms with Gasteiger partial charge in [-0.3, -0.25) is 23.5 Å². The third kappa shape index (κ3) is 3.80. The lowest BCUT2D eigenvalue weighted by molar-refractivity contribution is -0.116. The maximum Gasteiger partial charge on any atom is 0.332 e. The van der Waals surface area contributed by atoms with Gasteiger partial charge in [-0.15, -0.1) is 11.3 Å². The molecular weight excluding hydrogens is 456 g/mol. The average molecular weight is 474 g/mol. The van der Waals surface area contributed by atoms with Gasteiger partial charge in [-0.2, -0.15) is 0 Å². The summed E-state index contributed by atoms with van der Waals surface area (Å²) in [4.78, 5) is 50.8. The number of thiophene rings is 1. The maximum atomic E-state index is 13.4. The van der Waals surface area contributed by atoms with Crippen LogP contribution in [0.3, 0.4) is 0 Å². The number of hydrogen-bond donors (Lipinski definition) is 2. The van der Waals surface area contributed by atoms with Crippen molar-refractivity contribution in [3.8, 4) is 0 Å². The summed E-state index contributed by atoms with van der Waals surface area (Å²) in [5, 5.41) is 3.44. The van der Waals surface area contributed by atoms with Gasteiger partial charge >= 0.3 is 5.69 Å². The standard InChI is InChI=1S/C24H18N4O5S/c25-22(30)14-7-9-15(10-8-14)26-19(29)13-27-20-17-5-1-2-6-18(17)34-21(20)23(31)28(24(27)32)12-16-4-3-11-33-16/h1-11H,12-13H2,(H2,25,30)(H,26,29). The third-order valence-electron chi connectivity index (χ3n) is 5.39. The summed E-state index contributed by atoms with van der Waals surface area (Å²) < 4.78 is 8.93. The van der Waals surface area contributed by atoms with Crippen molar-refractivity contribution in [2.24, 2.45) is 5.73 Å². The number of nitrogens with one attached hydrogen (secondary N) is 1. The van der Waals surface area contributed by atoms with Crippen LogP contribution in [0.25, 0.3) is 20.3 Å². The Hall–Kier alpha value is -4.44. The molecule has 0 aliphatic carbocycles. The highest BCUT2D eigenvalue weighted by atomic mass is 32.1. The Morgan fingerprint density at radius 3 is 2.44 bits per heavy atom. The van der Waals surface area contributed by atoms with Crippen LogP contribution in [0.15, 0.2) is 80.9 Å². The van der Waals surface area contributed by atoms with E-state index >= 15 is 0 Å². The Labute approximate surface area is 195 Å². The van der Waals surface area contributed by atoms with Crippen molar-refractivity contribution in [1.82, 2.24) is 9.13 Å². The molecule has 3 aromatic heterocycles. The second-order valence-corrected chi connectivity index (χ2v) is 8.66. The van der Waals surface area contributed by atoms with E-state index in [1.54, 1.807) is 24.3 Å². The third-order valence-corrected chi connectivity index (χ3v) is 6.54. The van der Waals surface area contributed by atoms with E-state index in [-0.39, 0.29) is 13.1 Å². The largest absolute Gasteiger partial charge is 0.467 e. The summed E-state index contributed by atoms with van der Waals surface area (Å²) in [6, 6.07) is 16.8. The van der Waals surface area contributed by atoms with Gasteiger partial charge < -0.3 is 15.5 Å². The van der Waals surface area contributed by atoms with Crippen molar-refractivity contribution in [3.63, 3.8) is 0 Å². The average Bonchev–Trinajstić information content (AvgIpc) is 3.48. The number of amides is 2. The minimum absolute atomic E-state index is 0.0505. The number of hydrogen-bond acceptors (Lipinski definition) is 6. The van der Waals surface area contributed by atoms with Crippen LogP contribution in [0.5, 0.6) is 0 Å². The number of aromatic nitrogens is 2. The number of carbonyl (C=O) groups is 2. The number of primary amides is 1. The molecule has 0 unspecified atom stereocenters. The van der Waals surface area contributed by atoms with Crippen molar-refractivity contribution < 1.29 is 14.0 Å². The summed E-state index contributed by atoms with van der Waals surface area (Å²) in [6.07, 6.45) is 1.47. The van der Waals surface area contributed by atoms with Gasteiger partial charge in [-0.05, 0) is 42.5 Å². The molecule has 0 spiro atoms. The molecule has 10 heteroatoms. The number of fused-ring (bicyclic) bond motifs is 3. The highest BCUT2D eigenvalue weighted by Gasteiger charge is 2.20. The minimum atomic E-state index is -0.614. The van der Waals surface area contributed by atoms with Gasteiger partial charge in [0.25, 0.3) is 5.56 Å². The molecule has 2 aromatic carbocycles. The van der Waals surface area contributed by atoms with Gasteiger partial charge in [-0.1, -0.05) is 18.2 Å². The lowest BCUT2D eigenvalue weighted by atomic mass is 10.2. The summed E-state index contributed by atoms with van der Waals surface area (Å²) in [5.41, 5.74) is 5.38. The van der Waals surface area contributed by atoms with Crippen LogP contribution in [0, 0.1) is 0 Å². The fourth-order valence-electron chi connectivity index (χ4n) is 3.80. The summed E-state index contributed by atoms with van der Waals surface area (Å²) in [6.45, 7) is -0.364. The molecule has 0 fully saturated rings. The van der Waals surface area contributed by atoms with Crippen LogP contribution in [-0.2, 0) is 17.9 Å². The van der Waals surface area contributed by atoms with Crippen LogP contribution in [0.4, 0.5) is 5.69 Å². The molecule has 9 nitrogen and oxygen atoms in total. The molecule has 2 amide bonds. The summed E-state index contributed by atoms with van der Waals surface area (Å²) >= 11 is 1.27. The van der Waals surface area contributed by atoms with E-state index in [9.17, 15) is 19.2 Å². The Kier molecular flexibility index (Phi) is 5.34. The molecule has 0 aliphatic heterocycles. The molecule has 0 saturated carbocycles. The van der Waals surface area contributed by atoms with E-state index in [4.69, 9.17) is 10.2 Å². The fraction of sp³-hybridized carbons (Fsp3) is 0.0833. The number of nitrogens with two attached hydrogens (primary N) is 1. The zero-order valence-corrected chi connectivity index (χ0v) is 18.5. The normalized spacial score (nSPS) is 11.2. The van der Waals surface area contributed by atoms with Crippen molar-refractivity contribution in [1.29, 1.82) is 0 Å². The Morgan fingerprint density at radius 1 is 0.971 bits per heavy atom. The van der Waals surface area contributed by atoms with Crippen molar-refractivity contribution in [2.45, 2.75) is 13.1 Å². The van der Waals surface area contributed by atoms with Crippen LogP contribution < -0.4 is 22.3 Å². The van der Waals surface area contributed by atoms with Gasteiger partial charge in [0.2, 0.25) is 11.8 Å². The quantitative estimate of drug-likeness (QED) is 0.391. The number of carbonyl (C=O) groups excluding carboxylic acids is 2. The molecule has 0 aliphatic rings. The van der Waals surface area contributed by atoms with Crippen molar-refractivity contribution >= 4 is 49.1 Å². The van der Waals surface area contributed by atoms with E-state index in [1.165, 1.54) is 34.3 Å². The van der Waals surface area contributed by atoms with E-state index in [0.29, 0.717) is 27.2 Å². The molecule has 0 atom stereocenters. The van der Waals surface area contributed by atoms with Gasteiger partial charge in [0.05, 0.1) is 18.3 Å². The number of benzene rings is 2. The predicted molar refractivity (Wildman–Crippen MR) is 129 cm³/mol. The molecule has 5 rings (SSSR count). The molecule has 0 saturated heterocycles. The topological polar surface area (TPSA) is 129 Å². The smallest absolute Gasteiger partial charge is 0.332 e. The van der Waals surface area contributed by atoms with Gasteiger partial charge in [0.1, 0.15) is 17.0 Å². The number of rotatable bonds is 6. The first-order chi connectivity index (χ1) is 16.4. The molecule has 0 bridgehead atoms. The molecule has 3 N–H and O–H groups in total. The Morgan fingerprint density at radius 2 is 1.74 bits per heavy atom. The zero-order chi connectivity index (χ0) is 23.8. The molecule has 3 heterocycles. The van der Waals surface area contributed by atoms with E-state index in [1.807, 2.05) is 24.3 Å². The second-order valence-electron chi connectivity index (χ2n) is 7.61. The molecular formula is C24H18N4O5S. The maximum absolute atomic E-state index is 13.4. The Bertz CT molecular complexity index is 1660. The zero-order valence-electron chi connectivity index (χ0n) is 17.7. The van der Waals surface area contributed by atoms with E-state index in [2.05, 4.69) is 5.32 Å². The van der Waals surface area contributed by atoms with Crippen LogP contribution in [0.2, 0.25) is 0 Å². The molecule has 0 radical (unpaired) electrons. The molecule has 34 heavy (non-hydrogen) atoms. The summed E-state index contributed by atoms with van der Waals surface area (Å²) in [5.74, 6) is -0.589. The predicted octanol–water partition coefficient (Wildman–Crippen LogP) is 2.76. The first-order valence-electron chi connectivity index (χ1n) is 10.3. The van der Waals surface area contributed by atoms with Crippen LogP contribution in [0.1, 0.15) is 16.1 Å². The summed E-state index contributed by atoms with van der Waals surface area (Å²) in [7, 11) is 0. The van der Waals surface area contributed by atoms with Crippen molar-refractivity contribution in [3.05, 3.63) is 99.1 Å². The lowest BCUT2D eigenvalue weighted by Gasteiger charge is -2.12. The van der Waals surface area contributed by atoms with Crippen LogP contribution >= 0.6 is 11.3 Å². The fourth-order valence-corrected chi connectivity index (χ4v) is 4.96. The van der Waals surface area contributed by atoms with Gasteiger partial charge in [-0.25, -0.2) is 4.79 Å². The van der Waals surface area contributed by atoms with Gasteiger partial charge in [0.15, 0.2) is 0 Å². The second kappa shape index (κ2) is 8.49. The monoisotopic (exact) mass is 474 g/mol. The SMILES string of the molecule is NC(=O)c1ccc(NC(=O)Cn2c(=O)n(Cc3ccco3)c(=O)c3sc4ccccc4c32)cc1. The Balaban J connectivity index is 1.59. The minimum Gasteiger partial charge on any atom is -0.467 e. The first-order valence-corrected chi connectivity index (χ1v) is 11.1. The highest BCUT2D eigenvalue weighted by Crippen LogP contribution is 2.30. The molecule has 170 valence electrons. The molecule has 5 aromatic rings.